The molecule has 0 saturated carbocycles. The Hall–Kier alpha value is -7.04. The fourth-order valence-electron chi connectivity index (χ4n) is 9.14. The van der Waals surface area contributed by atoms with Crippen molar-refractivity contribution in [2.24, 2.45) is 0 Å². The summed E-state index contributed by atoms with van der Waals surface area (Å²) >= 11 is 0. The highest BCUT2D eigenvalue weighted by Gasteiger charge is 2.25. The smallest absolute Gasteiger partial charge is 0.0702 e. The summed E-state index contributed by atoms with van der Waals surface area (Å²) in [6.45, 7) is 0. The SMILES string of the molecule is c1ccc(-n2c3cccc4c3c3c2cccc3n4-c2ccccc2-n2c3ccccc3c3ccccc32)c(-n2c3ccccc3c3ccccc32)c1. The summed E-state index contributed by atoms with van der Waals surface area (Å²) in [5.74, 6) is 0. The minimum Gasteiger partial charge on any atom is -0.307 e. The predicted molar refractivity (Wildman–Crippen MR) is 217 cm³/mol. The lowest BCUT2D eigenvalue weighted by atomic mass is 10.2. The van der Waals surface area contributed by atoms with Gasteiger partial charge in [-0.3, -0.25) is 0 Å². The van der Waals surface area contributed by atoms with Crippen LogP contribution < -0.4 is 0 Å². The molecule has 0 amide bonds. The molecule has 0 fully saturated rings. The quantitative estimate of drug-likeness (QED) is 0.179. The molecule has 0 unspecified atom stereocenters. The first kappa shape index (κ1) is 27.7. The number of nitrogens with zero attached hydrogens (tertiary/aromatic N) is 4. The highest BCUT2D eigenvalue weighted by molar-refractivity contribution is 6.25. The fraction of sp³-hybridized carbons (Fsp3) is 0. The van der Waals surface area contributed by atoms with Crippen LogP contribution in [0.3, 0.4) is 0 Å². The first-order valence-electron chi connectivity index (χ1n) is 17.9. The topological polar surface area (TPSA) is 19.7 Å². The van der Waals surface area contributed by atoms with Crippen molar-refractivity contribution >= 4 is 76.5 Å². The van der Waals surface area contributed by atoms with Crippen molar-refractivity contribution in [3.63, 3.8) is 0 Å². The van der Waals surface area contributed by atoms with Crippen LogP contribution in [0, 0.1) is 0 Å². The zero-order valence-electron chi connectivity index (χ0n) is 28.1. The van der Waals surface area contributed by atoms with Gasteiger partial charge in [0.15, 0.2) is 0 Å². The van der Waals surface area contributed by atoms with Crippen LogP contribution >= 0.6 is 0 Å². The average molecular weight is 663 g/mol. The van der Waals surface area contributed by atoms with E-state index in [0.717, 1.165) is 22.7 Å². The predicted octanol–water partition coefficient (Wildman–Crippen LogP) is 12.4. The molecule has 0 aliphatic carbocycles. The van der Waals surface area contributed by atoms with Crippen LogP contribution in [0.4, 0.5) is 0 Å². The molecule has 0 atom stereocenters. The molecule has 8 aromatic carbocycles. The number of hydrogen-bond acceptors (Lipinski definition) is 0. The van der Waals surface area contributed by atoms with E-state index in [2.05, 4.69) is 200 Å². The zero-order chi connectivity index (χ0) is 33.9. The summed E-state index contributed by atoms with van der Waals surface area (Å²) in [7, 11) is 0. The summed E-state index contributed by atoms with van der Waals surface area (Å²) in [5, 5.41) is 7.61. The summed E-state index contributed by atoms with van der Waals surface area (Å²) in [6.07, 6.45) is 0. The van der Waals surface area contributed by atoms with E-state index in [-0.39, 0.29) is 0 Å². The maximum Gasteiger partial charge on any atom is 0.0702 e. The minimum atomic E-state index is 1.16. The summed E-state index contributed by atoms with van der Waals surface area (Å²) in [5.41, 5.74) is 14.2. The van der Waals surface area contributed by atoms with Crippen LogP contribution in [0.5, 0.6) is 0 Å². The largest absolute Gasteiger partial charge is 0.307 e. The van der Waals surface area contributed by atoms with Gasteiger partial charge in [-0.25, -0.2) is 0 Å². The highest BCUT2D eigenvalue weighted by Crippen LogP contribution is 2.45. The second kappa shape index (κ2) is 10.3. The number of benzene rings is 8. The van der Waals surface area contributed by atoms with Crippen molar-refractivity contribution in [3.05, 3.63) is 182 Å². The summed E-state index contributed by atoms with van der Waals surface area (Å²) < 4.78 is 9.83. The molecule has 0 radical (unpaired) electrons. The molecule has 4 nitrogen and oxygen atoms in total. The molecule has 12 aromatic rings. The van der Waals surface area contributed by atoms with Crippen LogP contribution in [0.25, 0.3) is 99.2 Å². The molecule has 12 rings (SSSR count). The van der Waals surface area contributed by atoms with E-state index in [4.69, 9.17) is 0 Å². The molecule has 0 aliphatic heterocycles. The van der Waals surface area contributed by atoms with Gasteiger partial charge in [0.25, 0.3) is 0 Å². The number of fused-ring (bicyclic) bond motifs is 6. The zero-order valence-corrected chi connectivity index (χ0v) is 28.1. The highest BCUT2D eigenvalue weighted by atomic mass is 15.1. The maximum atomic E-state index is 2.48. The molecule has 242 valence electrons. The van der Waals surface area contributed by atoms with E-state index < -0.39 is 0 Å². The van der Waals surface area contributed by atoms with Gasteiger partial charge in [0.2, 0.25) is 0 Å². The van der Waals surface area contributed by atoms with E-state index in [1.807, 2.05) is 0 Å². The molecule has 0 bridgehead atoms. The first-order chi connectivity index (χ1) is 25.9. The van der Waals surface area contributed by atoms with E-state index in [1.54, 1.807) is 0 Å². The lowest BCUT2D eigenvalue weighted by molar-refractivity contribution is 1.08. The average Bonchev–Trinajstić information content (AvgIpc) is 3.94. The van der Waals surface area contributed by atoms with Crippen molar-refractivity contribution in [1.82, 2.24) is 18.3 Å². The molecule has 0 saturated heterocycles. The van der Waals surface area contributed by atoms with Crippen molar-refractivity contribution < 1.29 is 0 Å². The second-order valence-electron chi connectivity index (χ2n) is 13.7. The number of para-hydroxylation sites is 8. The van der Waals surface area contributed by atoms with Gasteiger partial charge >= 0.3 is 0 Å². The Balaban J connectivity index is 1.16. The lowest BCUT2D eigenvalue weighted by Crippen LogP contribution is -2.05. The summed E-state index contributed by atoms with van der Waals surface area (Å²) in [6, 6.07) is 66.3. The van der Waals surface area contributed by atoms with E-state index in [9.17, 15) is 0 Å². The molecular weight excluding hydrogens is 633 g/mol. The Kier molecular flexibility index (Phi) is 5.47. The lowest BCUT2D eigenvalue weighted by Gasteiger charge is -2.19. The normalized spacial score (nSPS) is 12.2. The Labute approximate surface area is 298 Å². The fourth-order valence-corrected chi connectivity index (χ4v) is 9.14. The Morgan fingerprint density at radius 3 is 0.692 bits per heavy atom. The van der Waals surface area contributed by atoms with Gasteiger partial charge in [-0.05, 0) is 72.8 Å². The first-order valence-corrected chi connectivity index (χ1v) is 17.9. The number of aromatic nitrogens is 4. The Bertz CT molecular complexity index is 2970. The minimum absolute atomic E-state index is 1.16. The van der Waals surface area contributed by atoms with Crippen LogP contribution in [-0.2, 0) is 0 Å². The van der Waals surface area contributed by atoms with Crippen molar-refractivity contribution in [3.8, 4) is 22.7 Å². The van der Waals surface area contributed by atoms with Crippen LogP contribution in [-0.4, -0.2) is 18.3 Å². The molecule has 4 heteroatoms. The Morgan fingerprint density at radius 2 is 0.404 bits per heavy atom. The van der Waals surface area contributed by atoms with Gasteiger partial charge in [0.05, 0.1) is 66.9 Å². The number of rotatable bonds is 4. The van der Waals surface area contributed by atoms with Crippen molar-refractivity contribution in [2.45, 2.75) is 0 Å². The molecule has 4 aromatic heterocycles. The summed E-state index contributed by atoms with van der Waals surface area (Å²) in [4.78, 5) is 0. The van der Waals surface area contributed by atoms with Gasteiger partial charge in [-0.2, -0.15) is 0 Å². The van der Waals surface area contributed by atoms with Gasteiger partial charge < -0.3 is 18.3 Å². The molecule has 4 heterocycles. The molecule has 52 heavy (non-hydrogen) atoms. The van der Waals surface area contributed by atoms with Gasteiger partial charge in [-0.15, -0.1) is 0 Å². The van der Waals surface area contributed by atoms with Gasteiger partial charge in [0, 0.05) is 32.3 Å². The Morgan fingerprint density at radius 1 is 0.192 bits per heavy atom. The van der Waals surface area contributed by atoms with E-state index in [1.165, 1.54) is 76.5 Å². The van der Waals surface area contributed by atoms with Crippen molar-refractivity contribution in [1.29, 1.82) is 0 Å². The standard InChI is InChI=1S/C48H30N4/c1-5-19-35-31(15-1)32-16-2-6-20-36(32)49(35)39-23-9-11-25-41(39)51-43-27-13-29-45-47(43)48-44(51)28-14-30-46(48)52(45)42-26-12-10-24-40(42)50-37-21-7-3-17-33(37)34-18-4-8-22-38(34)50/h1-30H. The van der Waals surface area contributed by atoms with Crippen LogP contribution in [0.1, 0.15) is 0 Å². The third kappa shape index (κ3) is 3.50. The third-order valence-electron chi connectivity index (χ3n) is 11.1. The van der Waals surface area contributed by atoms with E-state index >= 15 is 0 Å². The molecule has 0 spiro atoms. The van der Waals surface area contributed by atoms with Gasteiger partial charge in [0.1, 0.15) is 0 Å². The van der Waals surface area contributed by atoms with Gasteiger partial charge in [-0.1, -0.05) is 109 Å². The second-order valence-corrected chi connectivity index (χ2v) is 13.7. The molecule has 0 N–H and O–H groups in total. The third-order valence-corrected chi connectivity index (χ3v) is 11.1. The van der Waals surface area contributed by atoms with E-state index in [0.29, 0.717) is 0 Å². The molecule has 0 aliphatic rings. The van der Waals surface area contributed by atoms with Crippen LogP contribution in [0.15, 0.2) is 182 Å². The maximum absolute atomic E-state index is 2.48. The number of hydrogen-bond donors (Lipinski definition) is 0. The van der Waals surface area contributed by atoms with Crippen molar-refractivity contribution in [2.75, 3.05) is 0 Å². The molecular formula is C48H30N4. The van der Waals surface area contributed by atoms with Crippen LogP contribution in [0.2, 0.25) is 0 Å². The monoisotopic (exact) mass is 662 g/mol.